The lowest BCUT2D eigenvalue weighted by Crippen LogP contribution is -2.10. The number of hydrogen-bond donors (Lipinski definition) is 1. The van der Waals surface area contributed by atoms with Crippen LogP contribution in [0.1, 0.15) is 5.56 Å². The minimum Gasteiger partial charge on any atom is -0.319 e. The molecule has 0 atom stereocenters. The van der Waals surface area contributed by atoms with Crippen molar-refractivity contribution < 1.29 is 0 Å². The van der Waals surface area contributed by atoms with E-state index in [-0.39, 0.29) is 0 Å². The first-order valence-electron chi connectivity index (χ1n) is 5.39. The highest BCUT2D eigenvalue weighted by Crippen LogP contribution is 2.20. The molecule has 0 amide bonds. The van der Waals surface area contributed by atoms with Crippen LogP contribution < -0.4 is 5.32 Å². The monoisotopic (exact) mass is 216 g/mol. The van der Waals surface area contributed by atoms with E-state index in [1.807, 2.05) is 37.1 Å². The molecule has 0 aromatic carbocycles. The van der Waals surface area contributed by atoms with E-state index in [0.29, 0.717) is 0 Å². The highest BCUT2D eigenvalue weighted by molar-refractivity contribution is 5.61. The maximum atomic E-state index is 4.48. The molecule has 4 nitrogen and oxygen atoms in total. The zero-order valence-corrected chi connectivity index (χ0v) is 9.64. The number of likely N-dealkylation sites (N-methyl/N-ethyl adjacent to an activating group) is 1. The summed E-state index contributed by atoms with van der Waals surface area (Å²) in [5.41, 5.74) is 3.37. The molecule has 2 aromatic rings. The van der Waals surface area contributed by atoms with Crippen LogP contribution in [0, 0.1) is 0 Å². The normalized spacial score (nSPS) is 10.6. The zero-order valence-electron chi connectivity index (χ0n) is 9.64. The van der Waals surface area contributed by atoms with Gasteiger partial charge in [0.1, 0.15) is 0 Å². The van der Waals surface area contributed by atoms with Gasteiger partial charge in [-0.3, -0.25) is 9.67 Å². The number of nitrogens with one attached hydrogen (secondary N) is 1. The Morgan fingerprint density at radius 2 is 2.31 bits per heavy atom. The molecule has 84 valence electrons. The molecule has 16 heavy (non-hydrogen) atoms. The quantitative estimate of drug-likeness (QED) is 0.836. The standard InChI is InChI=1S/C12H16N4/c1-13-7-5-11-9-16(2)15-12(11)10-4-3-6-14-8-10/h3-4,6,8-9,13H,5,7H2,1-2H3. The van der Waals surface area contributed by atoms with Crippen LogP contribution in [0.4, 0.5) is 0 Å². The van der Waals surface area contributed by atoms with E-state index in [1.54, 1.807) is 6.20 Å². The van der Waals surface area contributed by atoms with Gasteiger partial charge in [-0.2, -0.15) is 5.10 Å². The van der Waals surface area contributed by atoms with Gasteiger partial charge >= 0.3 is 0 Å². The minimum absolute atomic E-state index is 0.957. The lowest BCUT2D eigenvalue weighted by Gasteiger charge is -2.01. The summed E-state index contributed by atoms with van der Waals surface area (Å²) in [7, 11) is 3.91. The molecule has 0 saturated heterocycles. The Labute approximate surface area is 95.3 Å². The third kappa shape index (κ3) is 2.28. The molecule has 4 heteroatoms. The van der Waals surface area contributed by atoms with Gasteiger partial charge < -0.3 is 5.32 Å². The van der Waals surface area contributed by atoms with E-state index in [9.17, 15) is 0 Å². The summed E-state index contributed by atoms with van der Waals surface area (Å²) in [5, 5.41) is 7.63. The lowest BCUT2D eigenvalue weighted by molar-refractivity contribution is 0.764. The first kappa shape index (κ1) is 10.8. The number of pyridine rings is 1. The summed E-state index contributed by atoms with van der Waals surface area (Å²) in [6.07, 6.45) is 6.68. The smallest absolute Gasteiger partial charge is 0.0970 e. The van der Waals surface area contributed by atoms with Gasteiger partial charge in [-0.25, -0.2) is 0 Å². The summed E-state index contributed by atoms with van der Waals surface area (Å²) in [6.45, 7) is 0.957. The van der Waals surface area contributed by atoms with Crippen molar-refractivity contribution in [2.75, 3.05) is 13.6 Å². The first-order valence-corrected chi connectivity index (χ1v) is 5.39. The summed E-state index contributed by atoms with van der Waals surface area (Å²) in [5.74, 6) is 0. The summed E-state index contributed by atoms with van der Waals surface area (Å²) >= 11 is 0. The number of rotatable bonds is 4. The topological polar surface area (TPSA) is 42.7 Å². The average molecular weight is 216 g/mol. The Kier molecular flexibility index (Phi) is 3.31. The third-order valence-corrected chi connectivity index (χ3v) is 2.48. The van der Waals surface area contributed by atoms with Crippen LogP contribution in [0.15, 0.2) is 30.7 Å². The Morgan fingerprint density at radius 3 is 3.00 bits per heavy atom. The van der Waals surface area contributed by atoms with Gasteiger partial charge in [-0.05, 0) is 37.7 Å². The molecular weight excluding hydrogens is 200 g/mol. The van der Waals surface area contributed by atoms with E-state index in [0.717, 1.165) is 24.2 Å². The second kappa shape index (κ2) is 4.90. The summed E-state index contributed by atoms with van der Waals surface area (Å²) < 4.78 is 1.85. The molecule has 2 heterocycles. The van der Waals surface area contributed by atoms with Crippen LogP contribution in [0.2, 0.25) is 0 Å². The predicted octanol–water partition coefficient (Wildman–Crippen LogP) is 1.24. The van der Waals surface area contributed by atoms with Crippen LogP contribution >= 0.6 is 0 Å². The summed E-state index contributed by atoms with van der Waals surface area (Å²) in [6, 6.07) is 3.98. The first-order chi connectivity index (χ1) is 7.81. The second-order valence-corrected chi connectivity index (χ2v) is 3.77. The van der Waals surface area contributed by atoms with Crippen molar-refractivity contribution >= 4 is 0 Å². The molecule has 2 aromatic heterocycles. The van der Waals surface area contributed by atoms with E-state index >= 15 is 0 Å². The molecule has 1 N–H and O–H groups in total. The molecular formula is C12H16N4. The Hall–Kier alpha value is -1.68. The fraction of sp³-hybridized carbons (Fsp3) is 0.333. The highest BCUT2D eigenvalue weighted by atomic mass is 15.3. The van der Waals surface area contributed by atoms with Crippen molar-refractivity contribution in [3.63, 3.8) is 0 Å². The van der Waals surface area contributed by atoms with Gasteiger partial charge in [-0.1, -0.05) is 0 Å². The zero-order chi connectivity index (χ0) is 11.4. The number of aromatic nitrogens is 3. The average Bonchev–Trinajstić information content (AvgIpc) is 2.69. The molecule has 0 aliphatic heterocycles. The molecule has 0 spiro atoms. The molecule has 0 aliphatic rings. The second-order valence-electron chi connectivity index (χ2n) is 3.77. The van der Waals surface area contributed by atoms with Crippen molar-refractivity contribution in [2.45, 2.75) is 6.42 Å². The number of hydrogen-bond acceptors (Lipinski definition) is 3. The van der Waals surface area contributed by atoms with Gasteiger partial charge in [0.25, 0.3) is 0 Å². The van der Waals surface area contributed by atoms with Gasteiger partial charge in [-0.15, -0.1) is 0 Å². The SMILES string of the molecule is CNCCc1cn(C)nc1-c1cccnc1. The maximum Gasteiger partial charge on any atom is 0.0970 e. The maximum absolute atomic E-state index is 4.48. The largest absolute Gasteiger partial charge is 0.319 e. The van der Waals surface area contributed by atoms with Crippen LogP contribution in [-0.4, -0.2) is 28.4 Å². The fourth-order valence-corrected chi connectivity index (χ4v) is 1.73. The number of aryl methyl sites for hydroxylation is 1. The molecule has 2 rings (SSSR count). The lowest BCUT2D eigenvalue weighted by atomic mass is 10.1. The van der Waals surface area contributed by atoms with Crippen molar-refractivity contribution in [3.05, 3.63) is 36.3 Å². The molecule has 0 aliphatic carbocycles. The van der Waals surface area contributed by atoms with Crippen LogP contribution in [-0.2, 0) is 13.5 Å². The molecule has 0 radical (unpaired) electrons. The highest BCUT2D eigenvalue weighted by Gasteiger charge is 2.09. The van der Waals surface area contributed by atoms with Crippen molar-refractivity contribution in [2.24, 2.45) is 7.05 Å². The minimum atomic E-state index is 0.957. The van der Waals surface area contributed by atoms with Gasteiger partial charge in [0, 0.05) is 31.2 Å². The Morgan fingerprint density at radius 1 is 1.44 bits per heavy atom. The van der Waals surface area contributed by atoms with Gasteiger partial charge in [0.15, 0.2) is 0 Å². The number of nitrogens with zero attached hydrogens (tertiary/aromatic N) is 3. The van der Waals surface area contributed by atoms with Crippen LogP contribution in [0.5, 0.6) is 0 Å². The Balaban J connectivity index is 2.33. The van der Waals surface area contributed by atoms with Gasteiger partial charge in [0.05, 0.1) is 5.69 Å². The fourth-order valence-electron chi connectivity index (χ4n) is 1.73. The van der Waals surface area contributed by atoms with E-state index in [2.05, 4.69) is 21.6 Å². The van der Waals surface area contributed by atoms with Crippen LogP contribution in [0.25, 0.3) is 11.3 Å². The van der Waals surface area contributed by atoms with Gasteiger partial charge in [0.2, 0.25) is 0 Å². The third-order valence-electron chi connectivity index (χ3n) is 2.48. The summed E-state index contributed by atoms with van der Waals surface area (Å²) in [4.78, 5) is 4.13. The van der Waals surface area contributed by atoms with Crippen molar-refractivity contribution in [1.29, 1.82) is 0 Å². The van der Waals surface area contributed by atoms with E-state index < -0.39 is 0 Å². The van der Waals surface area contributed by atoms with Crippen molar-refractivity contribution in [1.82, 2.24) is 20.1 Å². The molecule has 0 saturated carbocycles. The van der Waals surface area contributed by atoms with Crippen molar-refractivity contribution in [3.8, 4) is 11.3 Å². The van der Waals surface area contributed by atoms with E-state index in [4.69, 9.17) is 0 Å². The van der Waals surface area contributed by atoms with E-state index in [1.165, 1.54) is 5.56 Å². The van der Waals surface area contributed by atoms with Crippen LogP contribution in [0.3, 0.4) is 0 Å². The molecule has 0 fully saturated rings. The Bertz CT molecular complexity index is 447. The predicted molar refractivity (Wildman–Crippen MR) is 64.1 cm³/mol. The molecule has 0 unspecified atom stereocenters. The molecule has 0 bridgehead atoms.